The minimum absolute atomic E-state index is 0.0235. The van der Waals surface area contributed by atoms with E-state index in [0.29, 0.717) is 12.5 Å². The number of rotatable bonds is 9. The van der Waals surface area contributed by atoms with E-state index >= 15 is 0 Å². The molecule has 0 fully saturated rings. The van der Waals surface area contributed by atoms with Crippen LogP contribution in [-0.2, 0) is 14.3 Å². The van der Waals surface area contributed by atoms with E-state index in [0.717, 1.165) is 17.0 Å². The van der Waals surface area contributed by atoms with Crippen molar-refractivity contribution in [3.63, 3.8) is 0 Å². The fraction of sp³-hybridized carbons (Fsp3) is 0.526. The number of hydrogen-bond donors (Lipinski definition) is 3. The zero-order valence-corrected chi connectivity index (χ0v) is 16.1. The van der Waals surface area contributed by atoms with Crippen LogP contribution >= 0.6 is 0 Å². The predicted octanol–water partition coefficient (Wildman–Crippen LogP) is 1.32. The van der Waals surface area contributed by atoms with Crippen LogP contribution in [-0.4, -0.2) is 44.1 Å². The molecule has 26 heavy (non-hydrogen) atoms. The van der Waals surface area contributed by atoms with E-state index < -0.39 is 12.0 Å². The summed E-state index contributed by atoms with van der Waals surface area (Å²) in [6, 6.07) is 7.80. The molecule has 0 aliphatic rings. The van der Waals surface area contributed by atoms with Crippen LogP contribution in [0.5, 0.6) is 0 Å². The van der Waals surface area contributed by atoms with Gasteiger partial charge in [-0.25, -0.2) is 4.79 Å². The fourth-order valence-electron chi connectivity index (χ4n) is 2.43. The summed E-state index contributed by atoms with van der Waals surface area (Å²) in [5.74, 6) is -0.161. The van der Waals surface area contributed by atoms with E-state index in [-0.39, 0.29) is 25.6 Å². The standard InChI is InChI=1S/C19H29N3O4/c1-5-14(4)15-8-10-16(11-9-15)20-17(23)12-22(6-2)13-18(24)21-19(25)26-7-3/h8-11,14H,5-7,12-13H2,1-4H3,(H,20,23)(H,21,24,25)/p+1/t14-/m1/s1. The first kappa shape index (κ1) is 21.6. The molecule has 0 aliphatic carbocycles. The number of carbonyl (C=O) groups excluding carboxylic acids is 3. The van der Waals surface area contributed by atoms with Crippen molar-refractivity contribution in [3.05, 3.63) is 29.8 Å². The maximum Gasteiger partial charge on any atom is 0.414 e. The SMILES string of the molecule is CCOC(=O)NC(=O)C[NH+](CC)CC(=O)Nc1ccc([C@H](C)CC)cc1. The summed E-state index contributed by atoms with van der Waals surface area (Å²) < 4.78 is 4.66. The fourth-order valence-corrected chi connectivity index (χ4v) is 2.43. The number of likely N-dealkylation sites (N-methyl/N-ethyl adjacent to an activating group) is 1. The maximum atomic E-state index is 12.2. The van der Waals surface area contributed by atoms with Crippen LogP contribution in [0.25, 0.3) is 0 Å². The molecular formula is C19H30N3O4+. The number of alkyl carbamates (subject to hydrolysis) is 1. The molecule has 0 saturated heterocycles. The Labute approximate surface area is 155 Å². The van der Waals surface area contributed by atoms with Crippen molar-refractivity contribution in [2.24, 2.45) is 0 Å². The molecule has 1 aromatic rings. The number of nitrogens with one attached hydrogen (secondary N) is 3. The second kappa shape index (κ2) is 11.3. The summed E-state index contributed by atoms with van der Waals surface area (Å²) in [5.41, 5.74) is 1.97. The lowest BCUT2D eigenvalue weighted by molar-refractivity contribution is -0.881. The molecule has 3 amide bonds. The molecule has 0 heterocycles. The molecule has 0 bridgehead atoms. The first-order valence-corrected chi connectivity index (χ1v) is 9.09. The van der Waals surface area contributed by atoms with Crippen molar-refractivity contribution >= 4 is 23.6 Å². The van der Waals surface area contributed by atoms with Gasteiger partial charge < -0.3 is 15.0 Å². The number of benzene rings is 1. The Hall–Kier alpha value is -2.41. The molecule has 0 radical (unpaired) electrons. The summed E-state index contributed by atoms with van der Waals surface area (Å²) in [6.45, 7) is 8.78. The van der Waals surface area contributed by atoms with Crippen LogP contribution < -0.4 is 15.5 Å². The van der Waals surface area contributed by atoms with E-state index in [1.807, 2.05) is 31.2 Å². The zero-order chi connectivity index (χ0) is 19.5. The van der Waals surface area contributed by atoms with Crippen molar-refractivity contribution in [1.29, 1.82) is 0 Å². The smallest absolute Gasteiger partial charge is 0.414 e. The van der Waals surface area contributed by atoms with Gasteiger partial charge in [-0.2, -0.15) is 0 Å². The summed E-state index contributed by atoms with van der Waals surface area (Å²) in [4.78, 5) is 36.0. The number of ether oxygens (including phenoxy) is 1. The highest BCUT2D eigenvalue weighted by molar-refractivity contribution is 5.93. The molecule has 0 aromatic heterocycles. The third kappa shape index (κ3) is 7.65. The molecule has 1 aromatic carbocycles. The van der Waals surface area contributed by atoms with Crippen molar-refractivity contribution in [2.75, 3.05) is 31.6 Å². The Kier molecular flexibility index (Phi) is 9.36. The molecule has 7 nitrogen and oxygen atoms in total. The van der Waals surface area contributed by atoms with Crippen LogP contribution in [0, 0.1) is 0 Å². The molecule has 1 rings (SSSR count). The van der Waals surface area contributed by atoms with E-state index in [9.17, 15) is 14.4 Å². The number of anilines is 1. The minimum Gasteiger partial charge on any atom is -0.450 e. The highest BCUT2D eigenvalue weighted by atomic mass is 16.5. The Morgan fingerprint density at radius 1 is 1.04 bits per heavy atom. The normalized spacial score (nSPS) is 12.8. The number of carbonyl (C=O) groups is 3. The van der Waals surface area contributed by atoms with E-state index in [2.05, 4.69) is 29.2 Å². The molecule has 0 spiro atoms. The van der Waals surface area contributed by atoms with Crippen LogP contribution in [0.3, 0.4) is 0 Å². The van der Waals surface area contributed by atoms with Gasteiger partial charge >= 0.3 is 6.09 Å². The molecule has 0 saturated carbocycles. The molecule has 144 valence electrons. The summed E-state index contributed by atoms with van der Waals surface area (Å²) in [6.07, 6.45) is 0.299. The topological polar surface area (TPSA) is 88.9 Å². The van der Waals surface area contributed by atoms with Crippen LogP contribution in [0.4, 0.5) is 10.5 Å². The Morgan fingerprint density at radius 2 is 1.65 bits per heavy atom. The summed E-state index contributed by atoms with van der Waals surface area (Å²) >= 11 is 0. The van der Waals surface area contributed by atoms with Crippen molar-refractivity contribution in [1.82, 2.24) is 5.32 Å². The average Bonchev–Trinajstić information content (AvgIpc) is 2.61. The monoisotopic (exact) mass is 364 g/mol. The summed E-state index contributed by atoms with van der Waals surface area (Å²) in [5, 5.41) is 4.98. The third-order valence-electron chi connectivity index (χ3n) is 4.21. The average molecular weight is 364 g/mol. The van der Waals surface area contributed by atoms with Gasteiger partial charge in [0.25, 0.3) is 11.8 Å². The van der Waals surface area contributed by atoms with Gasteiger partial charge in [0.2, 0.25) is 0 Å². The largest absolute Gasteiger partial charge is 0.450 e. The van der Waals surface area contributed by atoms with Gasteiger partial charge in [0, 0.05) is 5.69 Å². The van der Waals surface area contributed by atoms with Gasteiger partial charge in [0.15, 0.2) is 13.1 Å². The van der Waals surface area contributed by atoms with E-state index in [1.165, 1.54) is 5.56 Å². The summed E-state index contributed by atoms with van der Waals surface area (Å²) in [7, 11) is 0. The highest BCUT2D eigenvalue weighted by Crippen LogP contribution is 2.20. The first-order valence-electron chi connectivity index (χ1n) is 9.09. The Morgan fingerprint density at radius 3 is 2.19 bits per heavy atom. The lowest BCUT2D eigenvalue weighted by atomic mass is 9.99. The molecule has 3 N–H and O–H groups in total. The second-order valence-electron chi connectivity index (χ2n) is 6.21. The third-order valence-corrected chi connectivity index (χ3v) is 4.21. The Bertz CT molecular complexity index is 601. The number of quaternary nitrogens is 1. The zero-order valence-electron chi connectivity index (χ0n) is 16.1. The van der Waals surface area contributed by atoms with Gasteiger partial charge in [-0.3, -0.25) is 14.9 Å². The molecule has 0 aliphatic heterocycles. The lowest BCUT2D eigenvalue weighted by Crippen LogP contribution is -3.14. The lowest BCUT2D eigenvalue weighted by Gasteiger charge is -2.17. The molecular weight excluding hydrogens is 334 g/mol. The maximum absolute atomic E-state index is 12.2. The van der Waals surface area contributed by atoms with E-state index in [4.69, 9.17) is 0 Å². The van der Waals surface area contributed by atoms with Gasteiger partial charge in [0.05, 0.1) is 13.2 Å². The van der Waals surface area contributed by atoms with Crippen LogP contribution in [0.2, 0.25) is 0 Å². The van der Waals surface area contributed by atoms with Crippen LogP contribution in [0.15, 0.2) is 24.3 Å². The van der Waals surface area contributed by atoms with Crippen molar-refractivity contribution in [2.45, 2.75) is 40.0 Å². The number of imide groups is 1. The van der Waals surface area contributed by atoms with Gasteiger partial charge in [-0.15, -0.1) is 0 Å². The number of hydrogen-bond acceptors (Lipinski definition) is 4. The second-order valence-corrected chi connectivity index (χ2v) is 6.21. The predicted molar refractivity (Wildman–Crippen MR) is 100 cm³/mol. The van der Waals surface area contributed by atoms with Crippen molar-refractivity contribution in [3.8, 4) is 0 Å². The Balaban J connectivity index is 2.51. The van der Waals surface area contributed by atoms with Crippen LogP contribution in [0.1, 0.15) is 45.6 Å². The van der Waals surface area contributed by atoms with Gasteiger partial charge in [-0.05, 0) is 43.9 Å². The number of amides is 3. The van der Waals surface area contributed by atoms with Gasteiger partial charge in [0.1, 0.15) is 0 Å². The molecule has 2 atom stereocenters. The molecule has 1 unspecified atom stereocenters. The van der Waals surface area contributed by atoms with Gasteiger partial charge in [-0.1, -0.05) is 26.0 Å². The highest BCUT2D eigenvalue weighted by Gasteiger charge is 2.18. The first-order chi connectivity index (χ1) is 12.4. The van der Waals surface area contributed by atoms with E-state index in [1.54, 1.807) is 6.92 Å². The molecule has 7 heteroatoms. The van der Waals surface area contributed by atoms with Crippen molar-refractivity contribution < 1.29 is 24.0 Å². The minimum atomic E-state index is -0.765. The quantitative estimate of drug-likeness (QED) is 0.616.